The van der Waals surface area contributed by atoms with Gasteiger partial charge in [-0.25, -0.2) is 4.79 Å². The highest BCUT2D eigenvalue weighted by molar-refractivity contribution is 5.92. The number of anilines is 1. The monoisotopic (exact) mass is 253 g/mol. The zero-order valence-electron chi connectivity index (χ0n) is 10.4. The number of nitro benzene ring substituents is 1. The van der Waals surface area contributed by atoms with Gasteiger partial charge >= 0.3 is 6.03 Å². The van der Waals surface area contributed by atoms with E-state index in [1.807, 2.05) is 0 Å². The standard InChI is InChI=1S/C11H15N3O4/c1-7(2)12-11(15)13-9-5-4-8(18-3)6-10(9)14(16)17/h4-7H,1-3H3,(H2,12,13,15). The molecule has 0 heterocycles. The number of amides is 2. The minimum Gasteiger partial charge on any atom is -0.496 e. The maximum Gasteiger partial charge on any atom is 0.319 e. The largest absolute Gasteiger partial charge is 0.496 e. The molecular formula is C11H15N3O4. The second-order valence-corrected chi connectivity index (χ2v) is 3.89. The number of urea groups is 1. The number of ether oxygens (including phenoxy) is 1. The fourth-order valence-corrected chi connectivity index (χ4v) is 1.32. The van der Waals surface area contributed by atoms with Crippen molar-refractivity contribution in [1.82, 2.24) is 5.32 Å². The van der Waals surface area contributed by atoms with Gasteiger partial charge in [-0.3, -0.25) is 10.1 Å². The third-order valence-electron chi connectivity index (χ3n) is 2.07. The molecule has 0 radical (unpaired) electrons. The average molecular weight is 253 g/mol. The van der Waals surface area contributed by atoms with Gasteiger partial charge in [0.1, 0.15) is 11.4 Å². The first-order valence-corrected chi connectivity index (χ1v) is 5.34. The Hall–Kier alpha value is -2.31. The van der Waals surface area contributed by atoms with Crippen LogP contribution in [0.5, 0.6) is 5.75 Å². The van der Waals surface area contributed by atoms with Gasteiger partial charge in [0.25, 0.3) is 5.69 Å². The summed E-state index contributed by atoms with van der Waals surface area (Å²) < 4.78 is 4.90. The Morgan fingerprint density at radius 2 is 2.11 bits per heavy atom. The van der Waals surface area contributed by atoms with E-state index in [1.54, 1.807) is 13.8 Å². The Morgan fingerprint density at radius 1 is 1.44 bits per heavy atom. The van der Waals surface area contributed by atoms with Crippen molar-refractivity contribution in [2.75, 3.05) is 12.4 Å². The maximum absolute atomic E-state index is 11.5. The van der Waals surface area contributed by atoms with Crippen molar-refractivity contribution in [3.8, 4) is 5.75 Å². The van der Waals surface area contributed by atoms with Crippen molar-refractivity contribution < 1.29 is 14.5 Å². The normalized spacial score (nSPS) is 10.0. The third kappa shape index (κ3) is 3.62. The van der Waals surface area contributed by atoms with Crippen LogP contribution < -0.4 is 15.4 Å². The minimum absolute atomic E-state index is 0.0534. The second-order valence-electron chi connectivity index (χ2n) is 3.89. The summed E-state index contributed by atoms with van der Waals surface area (Å²) in [6.07, 6.45) is 0. The molecule has 1 rings (SSSR count). The zero-order valence-corrected chi connectivity index (χ0v) is 10.4. The molecule has 0 fully saturated rings. The van der Waals surface area contributed by atoms with E-state index in [0.717, 1.165) is 0 Å². The Balaban J connectivity index is 2.94. The summed E-state index contributed by atoms with van der Waals surface area (Å²) in [4.78, 5) is 21.8. The molecule has 2 amide bonds. The van der Waals surface area contributed by atoms with Crippen molar-refractivity contribution in [2.24, 2.45) is 0 Å². The van der Waals surface area contributed by atoms with Crippen LogP contribution in [0.15, 0.2) is 18.2 Å². The molecule has 0 saturated heterocycles. The molecule has 0 aliphatic carbocycles. The van der Waals surface area contributed by atoms with E-state index in [1.165, 1.54) is 25.3 Å². The third-order valence-corrected chi connectivity index (χ3v) is 2.07. The summed E-state index contributed by atoms with van der Waals surface area (Å²) in [6.45, 7) is 3.59. The maximum atomic E-state index is 11.5. The van der Waals surface area contributed by atoms with Gasteiger partial charge in [-0.1, -0.05) is 0 Å². The molecule has 0 aromatic heterocycles. The second kappa shape index (κ2) is 5.85. The predicted octanol–water partition coefficient (Wildman–Crippen LogP) is 2.13. The fraction of sp³-hybridized carbons (Fsp3) is 0.364. The Bertz CT molecular complexity index is 460. The van der Waals surface area contributed by atoms with Gasteiger partial charge < -0.3 is 15.4 Å². The van der Waals surface area contributed by atoms with Gasteiger partial charge in [0.05, 0.1) is 18.1 Å². The van der Waals surface area contributed by atoms with E-state index < -0.39 is 11.0 Å². The highest BCUT2D eigenvalue weighted by Crippen LogP contribution is 2.28. The van der Waals surface area contributed by atoms with Crippen LogP contribution in [0.1, 0.15) is 13.8 Å². The van der Waals surface area contributed by atoms with Gasteiger partial charge in [-0.15, -0.1) is 0 Å². The number of hydrogen-bond donors (Lipinski definition) is 2. The molecule has 0 aliphatic rings. The molecule has 0 unspecified atom stereocenters. The van der Waals surface area contributed by atoms with Crippen molar-refractivity contribution in [1.29, 1.82) is 0 Å². The highest BCUT2D eigenvalue weighted by atomic mass is 16.6. The van der Waals surface area contributed by atoms with Crippen molar-refractivity contribution in [2.45, 2.75) is 19.9 Å². The number of rotatable bonds is 4. The first kappa shape index (κ1) is 13.8. The highest BCUT2D eigenvalue weighted by Gasteiger charge is 2.17. The lowest BCUT2D eigenvalue weighted by atomic mass is 10.2. The summed E-state index contributed by atoms with van der Waals surface area (Å²) >= 11 is 0. The fourth-order valence-electron chi connectivity index (χ4n) is 1.32. The average Bonchev–Trinajstić information content (AvgIpc) is 2.28. The number of hydrogen-bond acceptors (Lipinski definition) is 4. The summed E-state index contributed by atoms with van der Waals surface area (Å²) in [5.74, 6) is 0.358. The molecule has 7 heteroatoms. The molecule has 0 bridgehead atoms. The Labute approximate surface area is 104 Å². The van der Waals surface area contributed by atoms with Crippen LogP contribution in [0, 0.1) is 10.1 Å². The summed E-state index contributed by atoms with van der Waals surface area (Å²) in [5, 5.41) is 15.9. The number of nitrogens with one attached hydrogen (secondary N) is 2. The molecule has 0 saturated carbocycles. The van der Waals surface area contributed by atoms with Crippen LogP contribution in [-0.2, 0) is 0 Å². The van der Waals surface area contributed by atoms with Crippen molar-refractivity contribution in [3.63, 3.8) is 0 Å². The lowest BCUT2D eigenvalue weighted by Crippen LogP contribution is -2.34. The lowest BCUT2D eigenvalue weighted by Gasteiger charge is -2.10. The molecule has 2 N–H and O–H groups in total. The van der Waals surface area contributed by atoms with E-state index in [-0.39, 0.29) is 17.4 Å². The number of carbonyl (C=O) groups excluding carboxylic acids is 1. The molecule has 1 aromatic carbocycles. The number of methoxy groups -OCH3 is 1. The Kier molecular flexibility index (Phi) is 4.47. The van der Waals surface area contributed by atoms with E-state index in [4.69, 9.17) is 4.74 Å². The quantitative estimate of drug-likeness (QED) is 0.635. The molecule has 18 heavy (non-hydrogen) atoms. The minimum atomic E-state index is -0.576. The molecule has 0 aliphatic heterocycles. The molecule has 0 atom stereocenters. The smallest absolute Gasteiger partial charge is 0.319 e. The van der Waals surface area contributed by atoms with Gasteiger partial charge in [0.15, 0.2) is 0 Å². The van der Waals surface area contributed by atoms with Crippen LogP contribution in [0.2, 0.25) is 0 Å². The summed E-state index contributed by atoms with van der Waals surface area (Å²) in [7, 11) is 1.41. The van der Waals surface area contributed by atoms with Crippen LogP contribution in [0.25, 0.3) is 0 Å². The van der Waals surface area contributed by atoms with Crippen molar-refractivity contribution >= 4 is 17.4 Å². The lowest BCUT2D eigenvalue weighted by molar-refractivity contribution is -0.384. The summed E-state index contributed by atoms with van der Waals surface area (Å²) in [6, 6.07) is 3.68. The summed E-state index contributed by atoms with van der Waals surface area (Å²) in [5.41, 5.74) is -0.0905. The van der Waals surface area contributed by atoms with E-state index in [2.05, 4.69) is 10.6 Å². The number of nitro groups is 1. The van der Waals surface area contributed by atoms with Crippen LogP contribution in [0.3, 0.4) is 0 Å². The van der Waals surface area contributed by atoms with Crippen molar-refractivity contribution in [3.05, 3.63) is 28.3 Å². The van der Waals surface area contributed by atoms with Crippen LogP contribution in [0.4, 0.5) is 16.2 Å². The molecule has 98 valence electrons. The molecule has 0 spiro atoms. The molecular weight excluding hydrogens is 238 g/mol. The van der Waals surface area contributed by atoms with Gasteiger partial charge in [0.2, 0.25) is 0 Å². The number of benzene rings is 1. The van der Waals surface area contributed by atoms with E-state index in [0.29, 0.717) is 5.75 Å². The van der Waals surface area contributed by atoms with Gasteiger partial charge in [0, 0.05) is 6.04 Å². The predicted molar refractivity (Wildman–Crippen MR) is 66.9 cm³/mol. The van der Waals surface area contributed by atoms with Crippen LogP contribution in [-0.4, -0.2) is 24.1 Å². The SMILES string of the molecule is COc1ccc(NC(=O)NC(C)C)c([N+](=O)[O-])c1. The van der Waals surface area contributed by atoms with Crippen LogP contribution >= 0.6 is 0 Å². The van der Waals surface area contributed by atoms with E-state index >= 15 is 0 Å². The molecule has 7 nitrogen and oxygen atoms in total. The topological polar surface area (TPSA) is 93.5 Å². The first-order valence-electron chi connectivity index (χ1n) is 5.34. The molecule has 1 aromatic rings. The zero-order chi connectivity index (χ0) is 13.7. The van der Waals surface area contributed by atoms with Gasteiger partial charge in [-0.05, 0) is 26.0 Å². The first-order chi connectivity index (χ1) is 8.43. The number of carbonyl (C=O) groups is 1. The number of nitrogens with zero attached hydrogens (tertiary/aromatic N) is 1. The Morgan fingerprint density at radius 3 is 2.61 bits per heavy atom. The van der Waals surface area contributed by atoms with Gasteiger partial charge in [-0.2, -0.15) is 0 Å². The van der Waals surface area contributed by atoms with E-state index in [9.17, 15) is 14.9 Å².